The lowest BCUT2D eigenvalue weighted by Gasteiger charge is -2.21. The van der Waals surface area contributed by atoms with E-state index in [9.17, 15) is 9.59 Å². The number of hydrogen-bond acceptors (Lipinski definition) is 3. The average molecular weight is 323 g/mol. The van der Waals surface area contributed by atoms with E-state index >= 15 is 0 Å². The van der Waals surface area contributed by atoms with Crippen molar-refractivity contribution in [3.05, 3.63) is 59.7 Å². The molecule has 1 aliphatic rings. The summed E-state index contributed by atoms with van der Waals surface area (Å²) in [6.07, 6.45) is 0.228. The number of amides is 2. The minimum absolute atomic E-state index is 0.0101. The van der Waals surface area contributed by atoms with Crippen molar-refractivity contribution in [2.45, 2.75) is 26.2 Å². The Kier molecular flexibility index (Phi) is 4.38. The fraction of sp³-hybridized carbons (Fsp3) is 0.300. The van der Waals surface area contributed by atoms with Crippen molar-refractivity contribution in [1.82, 2.24) is 0 Å². The Morgan fingerprint density at radius 3 is 2.50 bits per heavy atom. The predicted molar refractivity (Wildman–Crippen MR) is 93.2 cm³/mol. The van der Waals surface area contributed by atoms with E-state index in [1.54, 1.807) is 13.2 Å². The van der Waals surface area contributed by atoms with E-state index in [2.05, 4.69) is 0 Å². The lowest BCUT2D eigenvalue weighted by Crippen LogP contribution is -2.31. The second kappa shape index (κ2) is 6.48. The lowest BCUT2D eigenvalue weighted by molar-refractivity contribution is -0.122. The molecular weight excluding hydrogens is 302 g/mol. The summed E-state index contributed by atoms with van der Waals surface area (Å²) in [5.74, 6) is -0.131. The number of hydrogen-bond donors (Lipinski definition) is 0. The molecule has 3 rings (SSSR count). The van der Waals surface area contributed by atoms with Gasteiger partial charge in [0.25, 0.3) is 0 Å². The zero-order valence-electron chi connectivity index (χ0n) is 14.2. The number of imide groups is 1. The van der Waals surface area contributed by atoms with Gasteiger partial charge in [-0.2, -0.15) is 0 Å². The van der Waals surface area contributed by atoms with Crippen LogP contribution in [0.2, 0.25) is 0 Å². The number of carbonyl (C=O) groups excluding carboxylic acids is 2. The van der Waals surface area contributed by atoms with Gasteiger partial charge in [-0.05, 0) is 36.1 Å². The quantitative estimate of drug-likeness (QED) is 0.806. The molecule has 1 fully saturated rings. The molecular formula is C20H21NO3. The maximum absolute atomic E-state index is 12.9. The highest BCUT2D eigenvalue weighted by Crippen LogP contribution is 2.39. The fourth-order valence-electron chi connectivity index (χ4n) is 3.26. The Bertz CT molecular complexity index is 770. The molecule has 0 spiro atoms. The minimum Gasteiger partial charge on any atom is -0.495 e. The van der Waals surface area contributed by atoms with E-state index < -0.39 is 0 Å². The molecule has 4 heteroatoms. The van der Waals surface area contributed by atoms with E-state index in [0.717, 1.165) is 11.1 Å². The maximum atomic E-state index is 12.9. The Labute approximate surface area is 142 Å². The van der Waals surface area contributed by atoms with Crippen LogP contribution in [0.4, 0.5) is 5.69 Å². The van der Waals surface area contributed by atoms with Crippen LogP contribution in [0.25, 0.3) is 0 Å². The average Bonchev–Trinajstić information content (AvgIpc) is 2.89. The van der Waals surface area contributed by atoms with Crippen LogP contribution in [0.1, 0.15) is 30.4 Å². The van der Waals surface area contributed by atoms with Crippen molar-refractivity contribution < 1.29 is 14.3 Å². The van der Waals surface area contributed by atoms with Crippen LogP contribution in [-0.2, 0) is 9.59 Å². The van der Waals surface area contributed by atoms with Crippen molar-refractivity contribution in [3.8, 4) is 5.75 Å². The first-order valence-electron chi connectivity index (χ1n) is 8.09. The highest BCUT2D eigenvalue weighted by molar-refractivity contribution is 6.21. The number of nitrogens with zero attached hydrogens (tertiary/aromatic N) is 1. The summed E-state index contributed by atoms with van der Waals surface area (Å²) in [5.41, 5.74) is 2.62. The van der Waals surface area contributed by atoms with Crippen molar-refractivity contribution in [2.24, 2.45) is 5.92 Å². The molecule has 2 atom stereocenters. The molecule has 0 aliphatic carbocycles. The van der Waals surface area contributed by atoms with Crippen LogP contribution in [0, 0.1) is 12.8 Å². The Morgan fingerprint density at radius 1 is 1.12 bits per heavy atom. The van der Waals surface area contributed by atoms with Crippen LogP contribution >= 0.6 is 0 Å². The molecule has 0 N–H and O–H groups in total. The summed E-state index contributed by atoms with van der Waals surface area (Å²) in [4.78, 5) is 26.7. The summed E-state index contributed by atoms with van der Waals surface area (Å²) in [6.45, 7) is 3.95. The van der Waals surface area contributed by atoms with Crippen LogP contribution in [-0.4, -0.2) is 18.9 Å². The summed E-state index contributed by atoms with van der Waals surface area (Å²) in [7, 11) is 1.55. The molecule has 1 heterocycles. The van der Waals surface area contributed by atoms with Crippen molar-refractivity contribution in [3.63, 3.8) is 0 Å². The third kappa shape index (κ3) is 2.80. The summed E-state index contributed by atoms with van der Waals surface area (Å²) in [5, 5.41) is 0. The van der Waals surface area contributed by atoms with Gasteiger partial charge in [-0.15, -0.1) is 0 Å². The molecule has 2 aromatic rings. The third-order valence-electron chi connectivity index (χ3n) is 4.69. The molecule has 0 saturated carbocycles. The summed E-state index contributed by atoms with van der Waals surface area (Å²) in [6, 6.07) is 15.3. The molecule has 1 saturated heterocycles. The lowest BCUT2D eigenvalue weighted by atomic mass is 9.86. The van der Waals surface area contributed by atoms with E-state index in [0.29, 0.717) is 11.4 Å². The number of rotatable bonds is 4. The van der Waals surface area contributed by atoms with Gasteiger partial charge in [0.2, 0.25) is 11.8 Å². The molecule has 1 aliphatic heterocycles. The number of benzene rings is 2. The van der Waals surface area contributed by atoms with E-state index in [4.69, 9.17) is 4.74 Å². The zero-order valence-corrected chi connectivity index (χ0v) is 14.2. The second-order valence-electron chi connectivity index (χ2n) is 6.25. The fourth-order valence-corrected chi connectivity index (χ4v) is 3.26. The van der Waals surface area contributed by atoms with E-state index in [1.807, 2.05) is 56.3 Å². The van der Waals surface area contributed by atoms with E-state index in [1.165, 1.54) is 4.90 Å². The maximum Gasteiger partial charge on any atom is 0.238 e. The Morgan fingerprint density at radius 2 is 1.83 bits per heavy atom. The van der Waals surface area contributed by atoms with Gasteiger partial charge in [-0.1, -0.05) is 43.3 Å². The SMILES string of the molecule is COc1cc(C)ccc1N1C(=O)C[C@H]([C@H](C)c2ccccc2)C1=O. The number of anilines is 1. The zero-order chi connectivity index (χ0) is 17.3. The first kappa shape index (κ1) is 16.2. The monoisotopic (exact) mass is 323 g/mol. The molecule has 0 bridgehead atoms. The standard InChI is InChI=1S/C20H21NO3/c1-13-9-10-17(18(11-13)24-3)21-19(22)12-16(20(21)23)14(2)15-7-5-4-6-8-15/h4-11,14,16H,12H2,1-3H3/t14-,16-/m1/s1. The van der Waals surface area contributed by atoms with E-state index in [-0.39, 0.29) is 30.1 Å². The summed E-state index contributed by atoms with van der Waals surface area (Å²) < 4.78 is 5.37. The van der Waals surface area contributed by atoms with Gasteiger partial charge in [0, 0.05) is 6.42 Å². The molecule has 2 amide bonds. The van der Waals surface area contributed by atoms with Gasteiger partial charge in [0.1, 0.15) is 5.75 Å². The van der Waals surface area contributed by atoms with Gasteiger partial charge in [-0.3, -0.25) is 9.59 Å². The number of carbonyl (C=O) groups is 2. The molecule has 2 aromatic carbocycles. The first-order chi connectivity index (χ1) is 11.5. The van der Waals surface area contributed by atoms with Crippen LogP contribution in [0.3, 0.4) is 0 Å². The second-order valence-corrected chi connectivity index (χ2v) is 6.25. The van der Waals surface area contributed by atoms with Gasteiger partial charge in [0.05, 0.1) is 18.7 Å². The smallest absolute Gasteiger partial charge is 0.238 e. The molecule has 0 radical (unpaired) electrons. The molecule has 0 unspecified atom stereocenters. The normalized spacial score (nSPS) is 18.8. The molecule has 24 heavy (non-hydrogen) atoms. The topological polar surface area (TPSA) is 46.6 Å². The van der Waals surface area contributed by atoms with Crippen LogP contribution in [0.15, 0.2) is 48.5 Å². The number of ether oxygens (including phenoxy) is 1. The number of aryl methyl sites for hydroxylation is 1. The van der Waals surface area contributed by atoms with Gasteiger partial charge in [0.15, 0.2) is 0 Å². The molecule has 0 aromatic heterocycles. The largest absolute Gasteiger partial charge is 0.495 e. The first-order valence-corrected chi connectivity index (χ1v) is 8.09. The predicted octanol–water partition coefficient (Wildman–Crippen LogP) is 3.69. The van der Waals surface area contributed by atoms with Gasteiger partial charge in [-0.25, -0.2) is 4.90 Å². The van der Waals surface area contributed by atoms with Crippen LogP contribution < -0.4 is 9.64 Å². The van der Waals surface area contributed by atoms with Crippen molar-refractivity contribution >= 4 is 17.5 Å². The van der Waals surface area contributed by atoms with Gasteiger partial charge >= 0.3 is 0 Å². The van der Waals surface area contributed by atoms with Crippen molar-refractivity contribution in [1.29, 1.82) is 0 Å². The van der Waals surface area contributed by atoms with Crippen LogP contribution in [0.5, 0.6) is 5.75 Å². The highest BCUT2D eigenvalue weighted by Gasteiger charge is 2.43. The number of methoxy groups -OCH3 is 1. The Hall–Kier alpha value is -2.62. The molecule has 124 valence electrons. The van der Waals surface area contributed by atoms with Crippen molar-refractivity contribution in [2.75, 3.05) is 12.0 Å². The molecule has 4 nitrogen and oxygen atoms in total. The van der Waals surface area contributed by atoms with Gasteiger partial charge < -0.3 is 4.74 Å². The minimum atomic E-state index is -0.342. The summed E-state index contributed by atoms with van der Waals surface area (Å²) >= 11 is 0. The third-order valence-corrected chi connectivity index (χ3v) is 4.69. The highest BCUT2D eigenvalue weighted by atomic mass is 16.5. The Balaban J connectivity index is 1.93.